The zero-order valence-electron chi connectivity index (χ0n) is 15.7. The molecule has 2 aromatic carbocycles. The number of rotatable bonds is 5. The largest absolute Gasteiger partial charge is 0.507 e. The van der Waals surface area contributed by atoms with Gasteiger partial charge in [-0.2, -0.15) is 0 Å². The van der Waals surface area contributed by atoms with Gasteiger partial charge in [-0.25, -0.2) is 0 Å². The van der Waals surface area contributed by atoms with Crippen LogP contribution in [0, 0.1) is 5.92 Å². The number of Topliss-reactive ketones (excluding diaryl/α,β-unsaturated/α-hetero) is 1. The number of para-hydroxylation sites is 1. The SMILES string of the molecule is COc1ccccc1[C@@H]1/C(=C(/O)c2ccccc2)C(=O)C(=O)N1CC(C)C. The third-order valence-corrected chi connectivity index (χ3v) is 4.58. The average molecular weight is 365 g/mol. The summed E-state index contributed by atoms with van der Waals surface area (Å²) in [5, 5.41) is 10.9. The quantitative estimate of drug-likeness (QED) is 0.498. The average Bonchev–Trinajstić information content (AvgIpc) is 2.92. The van der Waals surface area contributed by atoms with Crippen LogP contribution in [0.3, 0.4) is 0 Å². The Kier molecular flexibility index (Phi) is 5.31. The molecule has 0 aliphatic carbocycles. The summed E-state index contributed by atoms with van der Waals surface area (Å²) in [5.41, 5.74) is 1.27. The van der Waals surface area contributed by atoms with Crippen molar-refractivity contribution in [1.82, 2.24) is 4.90 Å². The van der Waals surface area contributed by atoms with Crippen molar-refractivity contribution in [2.45, 2.75) is 19.9 Å². The first-order valence-electron chi connectivity index (χ1n) is 8.92. The summed E-state index contributed by atoms with van der Waals surface area (Å²) in [6.45, 7) is 4.37. The number of hydrogen-bond acceptors (Lipinski definition) is 4. The molecule has 27 heavy (non-hydrogen) atoms. The molecule has 1 N–H and O–H groups in total. The lowest BCUT2D eigenvalue weighted by Crippen LogP contribution is -2.33. The number of ketones is 1. The first-order chi connectivity index (χ1) is 13.0. The third-order valence-electron chi connectivity index (χ3n) is 4.58. The van der Waals surface area contributed by atoms with Gasteiger partial charge in [0.25, 0.3) is 11.7 Å². The summed E-state index contributed by atoms with van der Waals surface area (Å²) < 4.78 is 5.46. The fourth-order valence-electron chi connectivity index (χ4n) is 3.43. The van der Waals surface area contributed by atoms with Gasteiger partial charge in [0.15, 0.2) is 0 Å². The summed E-state index contributed by atoms with van der Waals surface area (Å²) >= 11 is 0. The van der Waals surface area contributed by atoms with Crippen LogP contribution in [-0.2, 0) is 9.59 Å². The smallest absolute Gasteiger partial charge is 0.295 e. The maximum atomic E-state index is 12.8. The highest BCUT2D eigenvalue weighted by Crippen LogP contribution is 2.42. The van der Waals surface area contributed by atoms with E-state index in [0.29, 0.717) is 23.4 Å². The Morgan fingerprint density at radius 3 is 2.33 bits per heavy atom. The van der Waals surface area contributed by atoms with Gasteiger partial charge in [0.05, 0.1) is 18.7 Å². The minimum absolute atomic E-state index is 0.0938. The van der Waals surface area contributed by atoms with Gasteiger partial charge in [-0.1, -0.05) is 62.4 Å². The van der Waals surface area contributed by atoms with Crippen molar-refractivity contribution < 1.29 is 19.4 Å². The summed E-state index contributed by atoms with van der Waals surface area (Å²) in [6, 6.07) is 15.4. The number of likely N-dealkylation sites (tertiary alicyclic amines) is 1. The molecule has 0 radical (unpaired) electrons. The molecule has 0 spiro atoms. The van der Waals surface area contributed by atoms with Crippen LogP contribution in [0.4, 0.5) is 0 Å². The molecule has 0 bridgehead atoms. The number of aliphatic hydroxyl groups excluding tert-OH is 1. The van der Waals surface area contributed by atoms with E-state index in [1.807, 2.05) is 38.1 Å². The van der Waals surface area contributed by atoms with Gasteiger partial charge in [-0.3, -0.25) is 9.59 Å². The predicted molar refractivity (Wildman–Crippen MR) is 103 cm³/mol. The fourth-order valence-corrected chi connectivity index (χ4v) is 3.43. The van der Waals surface area contributed by atoms with Crippen LogP contribution < -0.4 is 4.74 Å². The number of amides is 1. The number of carbonyl (C=O) groups excluding carboxylic acids is 2. The maximum Gasteiger partial charge on any atom is 0.295 e. The Hall–Kier alpha value is -3.08. The number of carbonyl (C=O) groups is 2. The van der Waals surface area contributed by atoms with Gasteiger partial charge in [-0.15, -0.1) is 0 Å². The highest BCUT2D eigenvalue weighted by molar-refractivity contribution is 6.46. The number of hydrogen-bond donors (Lipinski definition) is 1. The monoisotopic (exact) mass is 365 g/mol. The van der Waals surface area contributed by atoms with E-state index in [-0.39, 0.29) is 17.3 Å². The van der Waals surface area contributed by atoms with Crippen LogP contribution in [0.25, 0.3) is 5.76 Å². The van der Waals surface area contributed by atoms with E-state index in [2.05, 4.69) is 0 Å². The van der Waals surface area contributed by atoms with Crippen LogP contribution >= 0.6 is 0 Å². The van der Waals surface area contributed by atoms with Gasteiger partial charge in [0.2, 0.25) is 0 Å². The van der Waals surface area contributed by atoms with Crippen LogP contribution in [0.2, 0.25) is 0 Å². The molecule has 1 aliphatic heterocycles. The third kappa shape index (κ3) is 3.45. The molecule has 1 fully saturated rings. The second-order valence-corrected chi connectivity index (χ2v) is 6.95. The minimum atomic E-state index is -0.691. The molecular weight excluding hydrogens is 342 g/mol. The van der Waals surface area contributed by atoms with E-state index in [1.165, 1.54) is 4.90 Å². The lowest BCUT2D eigenvalue weighted by molar-refractivity contribution is -0.140. The number of aliphatic hydroxyl groups is 1. The second-order valence-electron chi connectivity index (χ2n) is 6.95. The number of nitrogens with zero attached hydrogens (tertiary/aromatic N) is 1. The molecule has 3 rings (SSSR count). The van der Waals surface area contributed by atoms with Crippen LogP contribution in [0.5, 0.6) is 5.75 Å². The number of methoxy groups -OCH3 is 1. The van der Waals surface area contributed by atoms with Crippen molar-refractivity contribution in [2.75, 3.05) is 13.7 Å². The molecule has 1 saturated heterocycles. The van der Waals surface area contributed by atoms with Crippen LogP contribution in [-0.4, -0.2) is 35.4 Å². The molecule has 1 heterocycles. The topological polar surface area (TPSA) is 66.8 Å². The Morgan fingerprint density at radius 1 is 1.07 bits per heavy atom. The summed E-state index contributed by atoms with van der Waals surface area (Å²) in [5.74, 6) is -0.713. The van der Waals surface area contributed by atoms with E-state index in [9.17, 15) is 14.7 Å². The molecule has 0 saturated carbocycles. The summed E-state index contributed by atoms with van der Waals surface area (Å²) in [4.78, 5) is 27.1. The molecule has 1 amide bonds. The Morgan fingerprint density at radius 2 is 1.70 bits per heavy atom. The lowest BCUT2D eigenvalue weighted by Gasteiger charge is -2.27. The first-order valence-corrected chi connectivity index (χ1v) is 8.92. The van der Waals surface area contributed by atoms with E-state index < -0.39 is 17.7 Å². The van der Waals surface area contributed by atoms with Crippen LogP contribution in [0.15, 0.2) is 60.2 Å². The van der Waals surface area contributed by atoms with Crippen LogP contribution in [0.1, 0.15) is 31.0 Å². The summed E-state index contributed by atoms with van der Waals surface area (Å²) in [7, 11) is 1.55. The van der Waals surface area contributed by atoms with Crippen molar-refractivity contribution in [3.8, 4) is 5.75 Å². The van der Waals surface area contributed by atoms with Gasteiger partial charge in [-0.05, 0) is 12.0 Å². The van der Waals surface area contributed by atoms with Crippen molar-refractivity contribution in [1.29, 1.82) is 0 Å². The molecular formula is C22H23NO4. The zero-order chi connectivity index (χ0) is 19.6. The standard InChI is InChI=1S/C22H23NO4/c1-14(2)13-23-19(16-11-7-8-12-17(16)27-3)18(21(25)22(23)26)20(24)15-9-5-4-6-10-15/h4-12,14,19,24H,13H2,1-3H3/b20-18-/t19-/m1/s1. The normalized spacial score (nSPS) is 19.0. The Balaban J connectivity index is 2.23. The van der Waals surface area contributed by atoms with Gasteiger partial charge in [0.1, 0.15) is 11.5 Å². The zero-order valence-corrected chi connectivity index (χ0v) is 15.7. The molecule has 0 unspecified atom stereocenters. The minimum Gasteiger partial charge on any atom is -0.507 e. The molecule has 5 heteroatoms. The molecule has 1 aliphatic rings. The highest BCUT2D eigenvalue weighted by atomic mass is 16.5. The van der Waals surface area contributed by atoms with Crippen molar-refractivity contribution in [3.05, 3.63) is 71.3 Å². The first kappa shape index (κ1) is 18.7. The van der Waals surface area contributed by atoms with E-state index in [1.54, 1.807) is 37.4 Å². The van der Waals surface area contributed by atoms with Gasteiger partial charge < -0.3 is 14.7 Å². The molecule has 2 aromatic rings. The Labute approximate surface area is 158 Å². The molecule has 0 aromatic heterocycles. The number of benzene rings is 2. The van der Waals surface area contributed by atoms with E-state index >= 15 is 0 Å². The van der Waals surface area contributed by atoms with Gasteiger partial charge >= 0.3 is 0 Å². The molecule has 5 nitrogen and oxygen atoms in total. The Bertz CT molecular complexity index is 886. The molecule has 1 atom stereocenters. The fraction of sp³-hybridized carbons (Fsp3) is 0.273. The maximum absolute atomic E-state index is 12.8. The summed E-state index contributed by atoms with van der Waals surface area (Å²) in [6.07, 6.45) is 0. The highest BCUT2D eigenvalue weighted by Gasteiger charge is 2.47. The van der Waals surface area contributed by atoms with Crippen molar-refractivity contribution in [3.63, 3.8) is 0 Å². The predicted octanol–water partition coefficient (Wildman–Crippen LogP) is 3.77. The lowest BCUT2D eigenvalue weighted by atomic mass is 9.94. The number of ether oxygens (including phenoxy) is 1. The van der Waals surface area contributed by atoms with E-state index in [0.717, 1.165) is 0 Å². The second kappa shape index (κ2) is 7.66. The van der Waals surface area contributed by atoms with Gasteiger partial charge in [0, 0.05) is 17.7 Å². The molecule has 140 valence electrons. The van der Waals surface area contributed by atoms with Crippen molar-refractivity contribution >= 4 is 17.4 Å². The van der Waals surface area contributed by atoms with Crippen molar-refractivity contribution in [2.24, 2.45) is 5.92 Å². The van der Waals surface area contributed by atoms with E-state index in [4.69, 9.17) is 4.74 Å².